The van der Waals surface area contributed by atoms with Crippen molar-refractivity contribution in [2.45, 2.75) is 58.5 Å². The van der Waals surface area contributed by atoms with Gasteiger partial charge in [0.2, 0.25) is 0 Å². The van der Waals surface area contributed by atoms with Gasteiger partial charge in [-0.15, -0.1) is 0 Å². The Morgan fingerprint density at radius 3 is 2.02 bits per heavy atom. The number of aryl methyl sites for hydroxylation is 2. The molecular formula is C34H36N6O2S2. The van der Waals surface area contributed by atoms with Crippen molar-refractivity contribution in [1.29, 1.82) is 0 Å². The predicted molar refractivity (Wildman–Crippen MR) is 180 cm³/mol. The van der Waals surface area contributed by atoms with Crippen molar-refractivity contribution in [3.05, 3.63) is 112 Å². The molecule has 4 aromatic heterocycles. The molecule has 0 saturated carbocycles. The van der Waals surface area contributed by atoms with E-state index in [1.54, 1.807) is 12.4 Å². The summed E-state index contributed by atoms with van der Waals surface area (Å²) in [4.78, 5) is 28.7. The van der Waals surface area contributed by atoms with Gasteiger partial charge in [0.1, 0.15) is 11.1 Å². The zero-order chi connectivity index (χ0) is 31.3. The molecule has 0 amide bonds. The van der Waals surface area contributed by atoms with E-state index < -0.39 is 5.60 Å². The van der Waals surface area contributed by atoms with Crippen molar-refractivity contribution in [2.24, 2.45) is 0 Å². The molecule has 0 aliphatic heterocycles. The molecule has 44 heavy (non-hydrogen) atoms. The SMILES string of the molecule is Cc1ccc(Cn2c(=S)[nH]c3cccnc32)cc1.Cc1ccc(Cn2c(SCC(=O)OC(C)(C)C)nc3cccnc32)cc1. The van der Waals surface area contributed by atoms with Crippen LogP contribution >= 0.6 is 24.0 Å². The second-order valence-electron chi connectivity index (χ2n) is 11.6. The average Bonchev–Trinajstić information content (AvgIpc) is 3.50. The van der Waals surface area contributed by atoms with Gasteiger partial charge in [0.25, 0.3) is 0 Å². The Balaban J connectivity index is 0.000000186. The number of carbonyl (C=O) groups excluding carboxylic acids is 1. The van der Waals surface area contributed by atoms with Crippen LogP contribution in [-0.4, -0.2) is 46.4 Å². The number of nitrogens with one attached hydrogen (secondary N) is 1. The summed E-state index contributed by atoms with van der Waals surface area (Å²) in [5.41, 5.74) is 7.93. The Bertz CT molecular complexity index is 1930. The first kappa shape index (κ1) is 31.2. The molecule has 0 fully saturated rings. The first-order chi connectivity index (χ1) is 21.1. The molecule has 0 aliphatic rings. The lowest BCUT2D eigenvalue weighted by Crippen LogP contribution is -2.25. The van der Waals surface area contributed by atoms with E-state index in [9.17, 15) is 4.79 Å². The highest BCUT2D eigenvalue weighted by Crippen LogP contribution is 2.25. The van der Waals surface area contributed by atoms with Gasteiger partial charge in [-0.25, -0.2) is 15.0 Å². The molecule has 0 saturated heterocycles. The second-order valence-corrected chi connectivity index (χ2v) is 12.9. The number of carbonyl (C=O) groups is 1. The van der Waals surface area contributed by atoms with Crippen LogP contribution < -0.4 is 0 Å². The first-order valence-electron chi connectivity index (χ1n) is 14.4. The number of esters is 1. The first-order valence-corrected chi connectivity index (χ1v) is 15.8. The minimum Gasteiger partial charge on any atom is -0.459 e. The fourth-order valence-corrected chi connectivity index (χ4v) is 5.61. The molecule has 0 atom stereocenters. The van der Waals surface area contributed by atoms with Crippen LogP contribution in [0.1, 0.15) is 43.0 Å². The summed E-state index contributed by atoms with van der Waals surface area (Å²) in [6.45, 7) is 11.2. The number of aromatic amines is 1. The van der Waals surface area contributed by atoms with E-state index in [0.29, 0.717) is 11.3 Å². The number of thioether (sulfide) groups is 1. The summed E-state index contributed by atoms with van der Waals surface area (Å²) in [5, 5.41) is 0.769. The quantitative estimate of drug-likeness (QED) is 0.111. The van der Waals surface area contributed by atoms with Crippen molar-refractivity contribution in [3.63, 3.8) is 0 Å². The molecule has 4 heterocycles. The van der Waals surface area contributed by atoms with Gasteiger partial charge in [-0.2, -0.15) is 0 Å². The van der Waals surface area contributed by atoms with Crippen molar-refractivity contribution in [1.82, 2.24) is 29.1 Å². The van der Waals surface area contributed by atoms with Gasteiger partial charge >= 0.3 is 5.97 Å². The van der Waals surface area contributed by atoms with Crippen molar-refractivity contribution in [3.8, 4) is 0 Å². The van der Waals surface area contributed by atoms with Gasteiger partial charge in [0.15, 0.2) is 21.2 Å². The van der Waals surface area contributed by atoms with E-state index in [-0.39, 0.29) is 11.7 Å². The normalized spacial score (nSPS) is 11.4. The van der Waals surface area contributed by atoms with Crippen LogP contribution in [0.25, 0.3) is 22.3 Å². The van der Waals surface area contributed by atoms with Crippen molar-refractivity contribution < 1.29 is 9.53 Å². The van der Waals surface area contributed by atoms with Gasteiger partial charge in [-0.1, -0.05) is 71.4 Å². The molecule has 226 valence electrons. The third-order valence-electron chi connectivity index (χ3n) is 6.66. The fourth-order valence-electron chi connectivity index (χ4n) is 4.57. The molecule has 1 N–H and O–H groups in total. The van der Waals surface area contributed by atoms with Gasteiger partial charge in [-0.05, 0) is 82.2 Å². The lowest BCUT2D eigenvalue weighted by Gasteiger charge is -2.19. The highest BCUT2D eigenvalue weighted by atomic mass is 32.2. The number of pyridine rings is 2. The maximum absolute atomic E-state index is 12.1. The molecule has 10 heteroatoms. The number of rotatable bonds is 7. The molecule has 0 spiro atoms. The predicted octanol–water partition coefficient (Wildman–Crippen LogP) is 7.67. The lowest BCUT2D eigenvalue weighted by molar-refractivity contribution is -0.151. The average molecular weight is 625 g/mol. The highest BCUT2D eigenvalue weighted by Gasteiger charge is 2.19. The second kappa shape index (κ2) is 13.6. The van der Waals surface area contributed by atoms with Crippen LogP contribution in [-0.2, 0) is 22.6 Å². The summed E-state index contributed by atoms with van der Waals surface area (Å²) in [6.07, 6.45) is 3.55. The third-order valence-corrected chi connectivity index (χ3v) is 7.93. The van der Waals surface area contributed by atoms with Gasteiger partial charge < -0.3 is 9.72 Å². The molecule has 6 aromatic rings. The van der Waals surface area contributed by atoms with E-state index in [4.69, 9.17) is 17.0 Å². The zero-order valence-electron chi connectivity index (χ0n) is 25.6. The van der Waals surface area contributed by atoms with Crippen LogP contribution in [0.4, 0.5) is 0 Å². The minimum absolute atomic E-state index is 0.217. The fraction of sp³-hybridized carbons (Fsp3) is 0.265. The summed E-state index contributed by atoms with van der Waals surface area (Å²) in [7, 11) is 0. The van der Waals surface area contributed by atoms with Gasteiger partial charge in [0, 0.05) is 12.4 Å². The number of nitrogens with zero attached hydrogens (tertiary/aromatic N) is 5. The number of benzene rings is 2. The number of aromatic nitrogens is 6. The standard InChI is InChI=1S/C20H23N3O2S.C14H13N3S/c1-14-7-9-15(10-8-14)12-23-18-16(6-5-11-21-18)22-19(23)26-13-17(24)25-20(2,3)4;1-10-4-6-11(7-5-10)9-17-13-12(16-14(17)18)3-2-8-15-13/h5-11H,12-13H2,1-4H3;2-8H,9H2,1H3,(H,16,18). The van der Waals surface area contributed by atoms with Crippen LogP contribution in [0.5, 0.6) is 0 Å². The Hall–Kier alpha value is -4.28. The van der Waals surface area contributed by atoms with Crippen LogP contribution in [0.2, 0.25) is 0 Å². The van der Waals surface area contributed by atoms with Crippen LogP contribution in [0.3, 0.4) is 0 Å². The minimum atomic E-state index is -0.485. The monoisotopic (exact) mass is 624 g/mol. The topological polar surface area (TPSA) is 90.6 Å². The van der Waals surface area contributed by atoms with Crippen molar-refractivity contribution in [2.75, 3.05) is 5.75 Å². The van der Waals surface area contributed by atoms with E-state index in [1.807, 2.05) is 49.6 Å². The third kappa shape index (κ3) is 8.00. The number of imidazole rings is 2. The molecule has 8 nitrogen and oxygen atoms in total. The van der Waals surface area contributed by atoms with Crippen molar-refractivity contribution >= 4 is 52.3 Å². The highest BCUT2D eigenvalue weighted by molar-refractivity contribution is 7.99. The van der Waals surface area contributed by atoms with Crippen LogP contribution in [0.15, 0.2) is 90.3 Å². The summed E-state index contributed by atoms with van der Waals surface area (Å²) in [5.74, 6) is -0.0292. The molecule has 2 aromatic carbocycles. The summed E-state index contributed by atoms with van der Waals surface area (Å²) < 4.78 is 10.2. The summed E-state index contributed by atoms with van der Waals surface area (Å²) >= 11 is 6.73. The Morgan fingerprint density at radius 2 is 1.41 bits per heavy atom. The largest absolute Gasteiger partial charge is 0.459 e. The Morgan fingerprint density at radius 1 is 0.841 bits per heavy atom. The Kier molecular flexibility index (Phi) is 9.61. The van der Waals surface area contributed by atoms with Gasteiger partial charge in [-0.3, -0.25) is 13.9 Å². The molecule has 6 rings (SSSR count). The van der Waals surface area contributed by atoms with E-state index in [0.717, 1.165) is 34.0 Å². The number of hydrogen-bond donors (Lipinski definition) is 1. The number of hydrogen-bond acceptors (Lipinski definition) is 7. The molecule has 0 aliphatic carbocycles. The molecule has 0 radical (unpaired) electrons. The number of fused-ring (bicyclic) bond motifs is 2. The van der Waals surface area contributed by atoms with Crippen LogP contribution in [0, 0.1) is 18.6 Å². The smallest absolute Gasteiger partial charge is 0.316 e. The van der Waals surface area contributed by atoms with Gasteiger partial charge in [0.05, 0.1) is 24.4 Å². The Labute approximate surface area is 266 Å². The van der Waals surface area contributed by atoms with E-state index >= 15 is 0 Å². The maximum atomic E-state index is 12.1. The maximum Gasteiger partial charge on any atom is 0.316 e. The van der Waals surface area contributed by atoms with E-state index in [2.05, 4.69) is 86.9 Å². The molecular weight excluding hydrogens is 589 g/mol. The molecule has 0 bridgehead atoms. The lowest BCUT2D eigenvalue weighted by atomic mass is 10.1. The number of H-pyrrole nitrogens is 1. The zero-order valence-corrected chi connectivity index (χ0v) is 27.2. The van der Waals surface area contributed by atoms with E-state index in [1.165, 1.54) is 34.0 Å². The molecule has 0 unspecified atom stereocenters. The number of ether oxygens (including phenoxy) is 1. The summed E-state index contributed by atoms with van der Waals surface area (Å²) in [6, 6.07) is 24.6.